The summed E-state index contributed by atoms with van der Waals surface area (Å²) in [6, 6.07) is 14.3. The number of benzene rings is 2. The zero-order chi connectivity index (χ0) is 22.0. The van der Waals surface area contributed by atoms with Crippen molar-refractivity contribution in [1.29, 1.82) is 0 Å². The van der Waals surface area contributed by atoms with Crippen LogP contribution < -0.4 is 15.6 Å². The fraction of sp³-hybridized carbons (Fsp3) is 0.208. The Kier molecular flexibility index (Phi) is 5.58. The topological polar surface area (TPSA) is 99.9 Å². The molecule has 3 N–H and O–H groups in total. The number of H-pyrrole nitrogens is 2. The van der Waals surface area contributed by atoms with Crippen LogP contribution in [0, 0.1) is 13.8 Å². The standard InChI is InChI=1S/C24H24N4O3/c1-14-7-6-9-18(23(14)31-3)24(30)28-20(21-12-22(29)27-15(2)26-21)11-16-13-25-19-10-5-4-8-17(16)19/h4-10,12-13,20,25H,11H2,1-3H3,(H,28,30)(H,26,27,29)/t20-/m0/s1. The highest BCUT2D eigenvalue weighted by Gasteiger charge is 2.22. The summed E-state index contributed by atoms with van der Waals surface area (Å²) >= 11 is 0. The Hall–Kier alpha value is -3.87. The number of aryl methyl sites for hydroxylation is 2. The van der Waals surface area contributed by atoms with Crippen molar-refractivity contribution >= 4 is 16.8 Å². The second-order valence-corrected chi connectivity index (χ2v) is 7.50. The van der Waals surface area contributed by atoms with Crippen molar-refractivity contribution in [3.63, 3.8) is 0 Å². The van der Waals surface area contributed by atoms with E-state index < -0.39 is 6.04 Å². The second kappa shape index (κ2) is 8.47. The first-order valence-electron chi connectivity index (χ1n) is 10.0. The average Bonchev–Trinajstić information content (AvgIpc) is 3.15. The first-order valence-corrected chi connectivity index (χ1v) is 10.0. The van der Waals surface area contributed by atoms with Crippen LogP contribution in [-0.4, -0.2) is 28.0 Å². The molecule has 31 heavy (non-hydrogen) atoms. The number of carbonyl (C=O) groups is 1. The van der Waals surface area contributed by atoms with E-state index in [2.05, 4.69) is 20.3 Å². The number of ether oxygens (including phenoxy) is 1. The molecule has 0 aliphatic rings. The second-order valence-electron chi connectivity index (χ2n) is 7.50. The first kappa shape index (κ1) is 20.4. The number of nitrogens with one attached hydrogen (secondary N) is 3. The predicted molar refractivity (Wildman–Crippen MR) is 120 cm³/mol. The van der Waals surface area contributed by atoms with Crippen LogP contribution in [-0.2, 0) is 6.42 Å². The summed E-state index contributed by atoms with van der Waals surface area (Å²) in [5, 5.41) is 4.13. The van der Waals surface area contributed by atoms with E-state index >= 15 is 0 Å². The Bertz CT molecular complexity index is 1310. The van der Waals surface area contributed by atoms with E-state index in [4.69, 9.17) is 4.74 Å². The Labute approximate surface area is 179 Å². The molecule has 2 heterocycles. The average molecular weight is 416 g/mol. The van der Waals surface area contributed by atoms with Crippen molar-refractivity contribution in [2.45, 2.75) is 26.3 Å². The molecule has 4 aromatic rings. The molecule has 7 nitrogen and oxygen atoms in total. The highest BCUT2D eigenvalue weighted by Crippen LogP contribution is 2.26. The number of hydrogen-bond acceptors (Lipinski definition) is 4. The molecule has 2 aromatic heterocycles. The lowest BCUT2D eigenvalue weighted by atomic mass is 10.0. The number of rotatable bonds is 6. The molecule has 0 fully saturated rings. The van der Waals surface area contributed by atoms with Gasteiger partial charge in [-0.25, -0.2) is 4.98 Å². The third kappa shape index (κ3) is 4.21. The molecule has 0 aliphatic heterocycles. The molecule has 0 radical (unpaired) electrons. The van der Waals surface area contributed by atoms with Gasteiger partial charge in [-0.1, -0.05) is 30.3 Å². The van der Waals surface area contributed by atoms with E-state index in [-0.39, 0.29) is 11.5 Å². The maximum Gasteiger partial charge on any atom is 0.255 e. The largest absolute Gasteiger partial charge is 0.496 e. The van der Waals surface area contributed by atoms with Crippen LogP contribution in [0.1, 0.15) is 39.0 Å². The maximum atomic E-state index is 13.2. The lowest BCUT2D eigenvalue weighted by molar-refractivity contribution is 0.0932. The first-order chi connectivity index (χ1) is 15.0. The minimum atomic E-state index is -0.502. The third-order valence-electron chi connectivity index (χ3n) is 5.30. The normalized spacial score (nSPS) is 12.0. The number of aromatic amines is 2. The summed E-state index contributed by atoms with van der Waals surface area (Å²) in [4.78, 5) is 35.7. The molecular weight excluding hydrogens is 392 g/mol. The van der Waals surface area contributed by atoms with Gasteiger partial charge < -0.3 is 20.0 Å². The molecule has 158 valence electrons. The van der Waals surface area contributed by atoms with E-state index in [9.17, 15) is 9.59 Å². The number of aromatic nitrogens is 3. The number of fused-ring (bicyclic) bond motifs is 1. The van der Waals surface area contributed by atoms with Crippen LogP contribution in [0.25, 0.3) is 10.9 Å². The lowest BCUT2D eigenvalue weighted by Crippen LogP contribution is -2.32. The summed E-state index contributed by atoms with van der Waals surface area (Å²) in [6.07, 6.45) is 2.40. The number of para-hydroxylation sites is 2. The van der Waals surface area contributed by atoms with Crippen LogP contribution in [0.4, 0.5) is 0 Å². The van der Waals surface area contributed by atoms with E-state index in [1.807, 2.05) is 49.5 Å². The van der Waals surface area contributed by atoms with Gasteiger partial charge in [-0.2, -0.15) is 0 Å². The minimum Gasteiger partial charge on any atom is -0.496 e. The Balaban J connectivity index is 1.73. The number of nitrogens with zero attached hydrogens (tertiary/aromatic N) is 1. The molecule has 0 bridgehead atoms. The molecule has 0 aliphatic carbocycles. The van der Waals surface area contributed by atoms with Gasteiger partial charge in [0.25, 0.3) is 11.5 Å². The van der Waals surface area contributed by atoms with Crippen LogP contribution in [0.5, 0.6) is 5.75 Å². The quantitative estimate of drug-likeness (QED) is 0.447. The van der Waals surface area contributed by atoms with Crippen molar-refractivity contribution in [2.75, 3.05) is 7.11 Å². The van der Waals surface area contributed by atoms with Gasteiger partial charge >= 0.3 is 0 Å². The SMILES string of the molecule is COc1c(C)cccc1C(=O)N[C@@H](Cc1c[nH]c2ccccc12)c1cc(=O)[nH]c(C)n1. The van der Waals surface area contributed by atoms with Crippen molar-refractivity contribution in [1.82, 2.24) is 20.3 Å². The summed E-state index contributed by atoms with van der Waals surface area (Å²) in [7, 11) is 1.55. The van der Waals surface area contributed by atoms with Gasteiger partial charge in [-0.15, -0.1) is 0 Å². The summed E-state index contributed by atoms with van der Waals surface area (Å²) < 4.78 is 5.45. The molecule has 2 aromatic carbocycles. The molecule has 4 rings (SSSR count). The van der Waals surface area contributed by atoms with Gasteiger partial charge in [-0.3, -0.25) is 9.59 Å². The van der Waals surface area contributed by atoms with E-state index in [0.717, 1.165) is 22.0 Å². The summed E-state index contributed by atoms with van der Waals surface area (Å²) in [6.45, 7) is 3.61. The monoisotopic (exact) mass is 416 g/mol. The highest BCUT2D eigenvalue weighted by molar-refractivity contribution is 5.97. The number of hydrogen-bond donors (Lipinski definition) is 3. The number of carbonyl (C=O) groups excluding carboxylic acids is 1. The lowest BCUT2D eigenvalue weighted by Gasteiger charge is -2.20. The minimum absolute atomic E-state index is 0.256. The molecule has 0 saturated carbocycles. The highest BCUT2D eigenvalue weighted by atomic mass is 16.5. The van der Waals surface area contributed by atoms with Gasteiger partial charge in [0.1, 0.15) is 11.6 Å². The van der Waals surface area contributed by atoms with Crippen molar-refractivity contribution < 1.29 is 9.53 Å². The van der Waals surface area contributed by atoms with Crippen molar-refractivity contribution in [3.8, 4) is 5.75 Å². The Morgan fingerprint density at radius 3 is 2.74 bits per heavy atom. The summed E-state index contributed by atoms with van der Waals surface area (Å²) in [5.74, 6) is 0.736. The molecule has 7 heteroatoms. The van der Waals surface area contributed by atoms with E-state index in [1.165, 1.54) is 6.07 Å². The number of methoxy groups -OCH3 is 1. The predicted octanol–water partition coefficient (Wildman–Crippen LogP) is 3.59. The van der Waals surface area contributed by atoms with Gasteiger partial charge in [-0.05, 0) is 37.1 Å². The Morgan fingerprint density at radius 2 is 1.97 bits per heavy atom. The van der Waals surface area contributed by atoms with E-state index in [1.54, 1.807) is 20.1 Å². The zero-order valence-corrected chi connectivity index (χ0v) is 17.7. The number of amides is 1. The molecular formula is C24H24N4O3. The zero-order valence-electron chi connectivity index (χ0n) is 17.7. The van der Waals surface area contributed by atoms with Crippen molar-refractivity contribution in [3.05, 3.63) is 93.3 Å². The fourth-order valence-corrected chi connectivity index (χ4v) is 3.87. The van der Waals surface area contributed by atoms with Crippen LogP contribution in [0.15, 0.2) is 59.5 Å². The Morgan fingerprint density at radius 1 is 1.16 bits per heavy atom. The van der Waals surface area contributed by atoms with Crippen LogP contribution >= 0.6 is 0 Å². The maximum absolute atomic E-state index is 13.2. The molecule has 1 amide bonds. The van der Waals surface area contributed by atoms with Gasteiger partial charge in [0, 0.05) is 29.6 Å². The van der Waals surface area contributed by atoms with Crippen LogP contribution in [0.2, 0.25) is 0 Å². The molecule has 0 spiro atoms. The van der Waals surface area contributed by atoms with Gasteiger partial charge in [0.05, 0.1) is 24.4 Å². The molecule has 1 atom stereocenters. The molecule has 0 unspecified atom stereocenters. The third-order valence-corrected chi connectivity index (χ3v) is 5.30. The molecule has 0 saturated heterocycles. The van der Waals surface area contributed by atoms with Gasteiger partial charge in [0.2, 0.25) is 0 Å². The summed E-state index contributed by atoms with van der Waals surface area (Å²) in [5.41, 5.74) is 3.59. The fourth-order valence-electron chi connectivity index (χ4n) is 3.87. The van der Waals surface area contributed by atoms with Gasteiger partial charge in [0.15, 0.2) is 0 Å². The van der Waals surface area contributed by atoms with Crippen LogP contribution in [0.3, 0.4) is 0 Å². The van der Waals surface area contributed by atoms with Crippen molar-refractivity contribution in [2.24, 2.45) is 0 Å². The van der Waals surface area contributed by atoms with E-state index in [0.29, 0.717) is 29.3 Å². The smallest absolute Gasteiger partial charge is 0.255 e.